The van der Waals surface area contributed by atoms with Gasteiger partial charge in [0.05, 0.1) is 17.3 Å². The zero-order valence-electron chi connectivity index (χ0n) is 12.9. The summed E-state index contributed by atoms with van der Waals surface area (Å²) in [6.07, 6.45) is 1.68. The fraction of sp³-hybridized carbons (Fsp3) is 0.0625. The summed E-state index contributed by atoms with van der Waals surface area (Å²) in [6, 6.07) is 12.5. The van der Waals surface area contributed by atoms with Crippen LogP contribution in [-0.2, 0) is 6.61 Å². The molecule has 0 aliphatic rings. The van der Waals surface area contributed by atoms with Crippen molar-refractivity contribution in [2.75, 3.05) is 5.32 Å². The number of amides is 1. The van der Waals surface area contributed by atoms with Crippen LogP contribution in [-0.4, -0.2) is 36.7 Å². The van der Waals surface area contributed by atoms with E-state index in [1.165, 1.54) is 0 Å². The number of anilines is 1. The van der Waals surface area contributed by atoms with E-state index in [0.717, 1.165) is 5.39 Å². The molecule has 2 heterocycles. The number of nitrogens with one attached hydrogen (secondary N) is 3. The van der Waals surface area contributed by atoms with Gasteiger partial charge in [0, 0.05) is 11.1 Å². The minimum Gasteiger partial charge on any atom is -0.485 e. The maximum Gasteiger partial charge on any atom is 0.257 e. The quantitative estimate of drug-likeness (QED) is 0.512. The van der Waals surface area contributed by atoms with Crippen LogP contribution in [0.3, 0.4) is 0 Å². The smallest absolute Gasteiger partial charge is 0.257 e. The maximum atomic E-state index is 12.5. The third-order valence-corrected chi connectivity index (χ3v) is 3.59. The Hall–Kier alpha value is -3.75. The van der Waals surface area contributed by atoms with Gasteiger partial charge in [-0.3, -0.25) is 9.89 Å². The fourth-order valence-corrected chi connectivity index (χ4v) is 2.38. The lowest BCUT2D eigenvalue weighted by Crippen LogP contribution is -2.12. The van der Waals surface area contributed by atoms with Crippen molar-refractivity contribution in [2.45, 2.75) is 6.61 Å². The molecule has 0 saturated heterocycles. The van der Waals surface area contributed by atoms with Crippen molar-refractivity contribution in [2.24, 2.45) is 0 Å². The number of ether oxygens (including phenoxy) is 1. The molecule has 4 aromatic rings. The average molecular weight is 335 g/mol. The molecule has 9 heteroatoms. The number of hydrogen-bond acceptors (Lipinski definition) is 6. The van der Waals surface area contributed by atoms with Gasteiger partial charge in [-0.2, -0.15) is 10.3 Å². The van der Waals surface area contributed by atoms with E-state index in [1.54, 1.807) is 36.5 Å². The predicted molar refractivity (Wildman–Crippen MR) is 89.0 cm³/mol. The number of carbonyl (C=O) groups excluding carboxylic acids is 1. The second kappa shape index (κ2) is 6.40. The van der Waals surface area contributed by atoms with E-state index in [1.807, 2.05) is 12.1 Å². The van der Waals surface area contributed by atoms with E-state index in [4.69, 9.17) is 4.74 Å². The van der Waals surface area contributed by atoms with Gasteiger partial charge in [0.2, 0.25) is 5.82 Å². The van der Waals surface area contributed by atoms with Gasteiger partial charge in [-0.1, -0.05) is 17.3 Å². The number of fused-ring (bicyclic) bond motifs is 1. The van der Waals surface area contributed by atoms with Crippen LogP contribution >= 0.6 is 0 Å². The number of aromatic amines is 2. The number of rotatable bonds is 5. The molecule has 0 unspecified atom stereocenters. The van der Waals surface area contributed by atoms with Crippen LogP contribution in [0.4, 0.5) is 5.69 Å². The first-order valence-electron chi connectivity index (χ1n) is 7.48. The summed E-state index contributed by atoms with van der Waals surface area (Å²) in [6.45, 7) is 0.212. The number of nitrogens with zero attached hydrogens (tertiary/aromatic N) is 4. The number of H-pyrrole nitrogens is 2. The highest BCUT2D eigenvalue weighted by atomic mass is 16.5. The van der Waals surface area contributed by atoms with Crippen molar-refractivity contribution < 1.29 is 9.53 Å². The Labute approximate surface area is 141 Å². The molecule has 0 radical (unpaired) electrons. The largest absolute Gasteiger partial charge is 0.485 e. The van der Waals surface area contributed by atoms with Crippen LogP contribution in [0, 0.1) is 0 Å². The zero-order chi connectivity index (χ0) is 17.1. The normalized spacial score (nSPS) is 10.7. The Morgan fingerprint density at radius 1 is 1.16 bits per heavy atom. The average Bonchev–Trinajstić information content (AvgIpc) is 3.32. The van der Waals surface area contributed by atoms with Gasteiger partial charge in [0.1, 0.15) is 5.75 Å². The van der Waals surface area contributed by atoms with E-state index >= 15 is 0 Å². The zero-order valence-corrected chi connectivity index (χ0v) is 12.9. The number of hydrogen-bond donors (Lipinski definition) is 3. The molecule has 0 spiro atoms. The number of tetrazole rings is 1. The molecule has 2 aromatic carbocycles. The Bertz CT molecular complexity index is 993. The van der Waals surface area contributed by atoms with Crippen molar-refractivity contribution >= 4 is 22.5 Å². The minimum absolute atomic E-state index is 0.212. The van der Waals surface area contributed by atoms with Crippen LogP contribution in [0.25, 0.3) is 10.9 Å². The molecule has 0 bridgehead atoms. The molecule has 0 atom stereocenters. The van der Waals surface area contributed by atoms with Crippen LogP contribution in [0.5, 0.6) is 5.75 Å². The molecule has 2 aromatic heterocycles. The second-order valence-electron chi connectivity index (χ2n) is 5.24. The van der Waals surface area contributed by atoms with E-state index < -0.39 is 0 Å². The molecule has 0 aliphatic carbocycles. The third-order valence-electron chi connectivity index (χ3n) is 3.59. The highest BCUT2D eigenvalue weighted by molar-refractivity contribution is 6.11. The lowest BCUT2D eigenvalue weighted by atomic mass is 10.1. The standard InChI is InChI=1S/C16H13N7O2/c24-16(13-3-1-2-10-8-17-21-15(10)13)18-11-4-6-12(7-5-11)25-9-14-19-22-23-20-14/h1-8H,9H2,(H,17,21)(H,18,24)(H,19,20,22,23). The van der Waals surface area contributed by atoms with Gasteiger partial charge in [0.25, 0.3) is 5.91 Å². The van der Waals surface area contributed by atoms with E-state index in [2.05, 4.69) is 36.1 Å². The van der Waals surface area contributed by atoms with Crippen LogP contribution in [0.15, 0.2) is 48.7 Å². The summed E-state index contributed by atoms with van der Waals surface area (Å²) in [7, 11) is 0. The topological polar surface area (TPSA) is 121 Å². The van der Waals surface area contributed by atoms with Gasteiger partial charge in [0.15, 0.2) is 6.61 Å². The Morgan fingerprint density at radius 2 is 2.04 bits per heavy atom. The molecule has 1 amide bonds. The van der Waals surface area contributed by atoms with Crippen molar-refractivity contribution in [1.82, 2.24) is 30.8 Å². The maximum absolute atomic E-state index is 12.5. The van der Waals surface area contributed by atoms with Gasteiger partial charge in [-0.05, 0) is 30.3 Å². The summed E-state index contributed by atoms with van der Waals surface area (Å²) in [5.74, 6) is 0.888. The number of carbonyl (C=O) groups is 1. The summed E-state index contributed by atoms with van der Waals surface area (Å²) < 4.78 is 5.53. The van der Waals surface area contributed by atoms with Crippen molar-refractivity contribution in [1.29, 1.82) is 0 Å². The van der Waals surface area contributed by atoms with E-state index in [0.29, 0.717) is 28.3 Å². The lowest BCUT2D eigenvalue weighted by molar-refractivity contribution is 0.102. The SMILES string of the molecule is O=C(Nc1ccc(OCc2nn[nH]n2)cc1)c1cccc2cn[nH]c12. The molecule has 0 fully saturated rings. The third kappa shape index (κ3) is 3.15. The van der Waals surface area contributed by atoms with Crippen molar-refractivity contribution in [3.63, 3.8) is 0 Å². The van der Waals surface area contributed by atoms with Crippen LogP contribution in [0.2, 0.25) is 0 Å². The van der Waals surface area contributed by atoms with Gasteiger partial charge in [-0.15, -0.1) is 10.2 Å². The molecular weight excluding hydrogens is 322 g/mol. The predicted octanol–water partition coefficient (Wildman–Crippen LogP) is 1.91. The molecule has 124 valence electrons. The van der Waals surface area contributed by atoms with Gasteiger partial charge in [-0.25, -0.2) is 0 Å². The monoisotopic (exact) mass is 335 g/mol. The number of benzene rings is 2. The molecular formula is C16H13N7O2. The van der Waals surface area contributed by atoms with Gasteiger partial charge < -0.3 is 10.1 Å². The first-order chi connectivity index (χ1) is 12.3. The van der Waals surface area contributed by atoms with Crippen LogP contribution in [0.1, 0.15) is 16.2 Å². The van der Waals surface area contributed by atoms with E-state index in [-0.39, 0.29) is 12.5 Å². The first kappa shape index (κ1) is 14.8. The minimum atomic E-state index is -0.213. The fourth-order valence-electron chi connectivity index (χ4n) is 2.38. The first-order valence-corrected chi connectivity index (χ1v) is 7.48. The molecule has 9 nitrogen and oxygen atoms in total. The van der Waals surface area contributed by atoms with Crippen molar-refractivity contribution in [3.8, 4) is 5.75 Å². The number of para-hydroxylation sites is 1. The molecule has 3 N–H and O–H groups in total. The molecule has 0 aliphatic heterocycles. The second-order valence-corrected chi connectivity index (χ2v) is 5.24. The van der Waals surface area contributed by atoms with Gasteiger partial charge >= 0.3 is 0 Å². The molecule has 25 heavy (non-hydrogen) atoms. The molecule has 0 saturated carbocycles. The Kier molecular flexibility index (Phi) is 3.79. The van der Waals surface area contributed by atoms with Crippen molar-refractivity contribution in [3.05, 3.63) is 60.0 Å². The molecule has 4 rings (SSSR count). The van der Waals surface area contributed by atoms with Crippen LogP contribution < -0.4 is 10.1 Å². The summed E-state index contributed by atoms with van der Waals surface area (Å²) in [4.78, 5) is 12.5. The summed E-state index contributed by atoms with van der Waals surface area (Å²) >= 11 is 0. The van der Waals surface area contributed by atoms with E-state index in [9.17, 15) is 4.79 Å². The number of aromatic nitrogens is 6. The highest BCUT2D eigenvalue weighted by Crippen LogP contribution is 2.20. The lowest BCUT2D eigenvalue weighted by Gasteiger charge is -2.08. The summed E-state index contributed by atoms with van der Waals surface area (Å²) in [5.41, 5.74) is 1.90. The highest BCUT2D eigenvalue weighted by Gasteiger charge is 2.11. The summed E-state index contributed by atoms with van der Waals surface area (Å²) in [5, 5.41) is 24.0. The Balaban J connectivity index is 1.44. The Morgan fingerprint density at radius 3 is 2.84 bits per heavy atom.